The van der Waals surface area contributed by atoms with Crippen molar-refractivity contribution in [3.8, 4) is 22.9 Å². The fourth-order valence-corrected chi connectivity index (χ4v) is 3.37. The van der Waals surface area contributed by atoms with E-state index >= 15 is 0 Å². The molecule has 0 spiro atoms. The third-order valence-electron chi connectivity index (χ3n) is 4.87. The maximum absolute atomic E-state index is 12.4. The molecule has 178 valence electrons. The van der Waals surface area contributed by atoms with Crippen LogP contribution in [0.15, 0.2) is 54.9 Å². The van der Waals surface area contributed by atoms with Crippen LogP contribution in [0, 0.1) is 0 Å². The van der Waals surface area contributed by atoms with Gasteiger partial charge in [-0.15, -0.1) is 13.2 Å². The van der Waals surface area contributed by atoms with Crippen molar-refractivity contribution in [3.05, 3.63) is 60.6 Å². The number of pyridine rings is 1. The predicted octanol–water partition coefficient (Wildman–Crippen LogP) is 3.11. The van der Waals surface area contributed by atoms with Crippen molar-refractivity contribution in [3.63, 3.8) is 0 Å². The zero-order valence-corrected chi connectivity index (χ0v) is 17.7. The number of H-pyrrole nitrogens is 1. The molecular weight excluding hydrogens is 455 g/mol. The molecule has 9 nitrogen and oxygen atoms in total. The number of aromatic amines is 1. The number of nitrogens with one attached hydrogen (secondary N) is 1. The van der Waals surface area contributed by atoms with E-state index in [1.54, 1.807) is 24.4 Å². The minimum absolute atomic E-state index is 0.0984. The number of alkyl halides is 3. The molecule has 1 saturated heterocycles. The van der Waals surface area contributed by atoms with Crippen LogP contribution in [0.3, 0.4) is 0 Å². The number of benzene rings is 1. The van der Waals surface area contributed by atoms with Gasteiger partial charge in [-0.25, -0.2) is 4.98 Å². The van der Waals surface area contributed by atoms with E-state index in [0.29, 0.717) is 17.3 Å². The molecule has 34 heavy (non-hydrogen) atoms. The van der Waals surface area contributed by atoms with Crippen molar-refractivity contribution in [1.82, 2.24) is 15.2 Å². The summed E-state index contributed by atoms with van der Waals surface area (Å²) in [5.74, 6) is -0.362. The standard InChI is InChI=1S/C22H20F3N5O4/c23-22(24,25)34-15-3-1-14(2-4-15)30-11-16(32-13-21(30)31)12-33-20-6-5-17(18(28-20)7-9-26)19-8-10-27-29-19/h1-10,16H,11-13,26H2,(H,27,29). The van der Waals surface area contributed by atoms with Crippen molar-refractivity contribution in [2.24, 2.45) is 5.73 Å². The third-order valence-corrected chi connectivity index (χ3v) is 4.87. The van der Waals surface area contributed by atoms with Gasteiger partial charge < -0.3 is 24.8 Å². The lowest BCUT2D eigenvalue weighted by atomic mass is 10.1. The van der Waals surface area contributed by atoms with Gasteiger partial charge in [-0.3, -0.25) is 9.89 Å². The molecule has 0 bridgehead atoms. The van der Waals surface area contributed by atoms with Crippen molar-refractivity contribution < 1.29 is 32.2 Å². The van der Waals surface area contributed by atoms with Gasteiger partial charge in [0.05, 0.1) is 17.9 Å². The molecule has 1 amide bonds. The summed E-state index contributed by atoms with van der Waals surface area (Å²) in [6.45, 7) is 0.0590. The second-order valence-corrected chi connectivity index (χ2v) is 7.20. The fourth-order valence-electron chi connectivity index (χ4n) is 3.37. The van der Waals surface area contributed by atoms with E-state index < -0.39 is 12.5 Å². The van der Waals surface area contributed by atoms with Crippen LogP contribution < -0.4 is 20.1 Å². The highest BCUT2D eigenvalue weighted by molar-refractivity contribution is 5.95. The van der Waals surface area contributed by atoms with E-state index in [4.69, 9.17) is 15.2 Å². The van der Waals surface area contributed by atoms with E-state index in [1.165, 1.54) is 23.2 Å². The van der Waals surface area contributed by atoms with Gasteiger partial charge in [-0.1, -0.05) is 0 Å². The zero-order chi connectivity index (χ0) is 24.1. The molecule has 1 fully saturated rings. The highest BCUT2D eigenvalue weighted by atomic mass is 19.4. The summed E-state index contributed by atoms with van der Waals surface area (Å²) in [6, 6.07) is 10.4. The number of aromatic nitrogens is 3. The Morgan fingerprint density at radius 2 is 2.00 bits per heavy atom. The highest BCUT2D eigenvalue weighted by Crippen LogP contribution is 2.27. The van der Waals surface area contributed by atoms with Crippen molar-refractivity contribution in [2.45, 2.75) is 12.5 Å². The minimum Gasteiger partial charge on any atom is -0.475 e. The summed E-state index contributed by atoms with van der Waals surface area (Å²) in [7, 11) is 0. The second kappa shape index (κ2) is 9.83. The number of rotatable bonds is 7. The largest absolute Gasteiger partial charge is 0.573 e. The van der Waals surface area contributed by atoms with Gasteiger partial charge in [-0.2, -0.15) is 5.10 Å². The number of nitrogens with two attached hydrogens (primary N) is 1. The van der Waals surface area contributed by atoms with E-state index in [2.05, 4.69) is 19.9 Å². The first-order chi connectivity index (χ1) is 16.3. The molecule has 1 aliphatic rings. The lowest BCUT2D eigenvalue weighted by molar-refractivity contribution is -0.274. The second-order valence-electron chi connectivity index (χ2n) is 7.20. The molecule has 3 heterocycles. The number of ether oxygens (including phenoxy) is 3. The molecule has 1 atom stereocenters. The average molecular weight is 475 g/mol. The number of morpholine rings is 1. The van der Waals surface area contributed by atoms with Crippen LogP contribution in [-0.2, 0) is 9.53 Å². The number of carbonyl (C=O) groups is 1. The molecule has 0 aliphatic carbocycles. The Morgan fingerprint density at radius 3 is 2.68 bits per heavy atom. The first-order valence-electron chi connectivity index (χ1n) is 10.1. The zero-order valence-electron chi connectivity index (χ0n) is 17.7. The lowest BCUT2D eigenvalue weighted by Gasteiger charge is -2.32. The van der Waals surface area contributed by atoms with Crippen LogP contribution in [0.25, 0.3) is 17.3 Å². The first kappa shape index (κ1) is 23.1. The van der Waals surface area contributed by atoms with E-state index in [1.807, 2.05) is 6.07 Å². The Bertz CT molecular complexity index is 1150. The number of nitrogens with zero attached hydrogens (tertiary/aromatic N) is 3. The normalized spacial score (nSPS) is 16.7. The molecular formula is C22H20F3N5O4. The summed E-state index contributed by atoms with van der Waals surface area (Å²) in [4.78, 5) is 18.2. The molecule has 1 aliphatic heterocycles. The molecule has 1 aromatic carbocycles. The first-order valence-corrected chi connectivity index (χ1v) is 10.1. The molecule has 12 heteroatoms. The van der Waals surface area contributed by atoms with Crippen molar-refractivity contribution in [2.75, 3.05) is 24.7 Å². The van der Waals surface area contributed by atoms with Crippen LogP contribution in [0.1, 0.15) is 5.69 Å². The number of carbonyl (C=O) groups excluding carboxylic acids is 1. The molecule has 0 saturated carbocycles. The van der Waals surface area contributed by atoms with Gasteiger partial charge in [0.15, 0.2) is 0 Å². The van der Waals surface area contributed by atoms with Crippen LogP contribution in [0.2, 0.25) is 0 Å². The predicted molar refractivity (Wildman–Crippen MR) is 116 cm³/mol. The lowest BCUT2D eigenvalue weighted by Crippen LogP contribution is -2.48. The van der Waals surface area contributed by atoms with Crippen LogP contribution in [-0.4, -0.2) is 53.3 Å². The third kappa shape index (κ3) is 5.64. The Labute approximate surface area is 191 Å². The molecule has 0 radical (unpaired) electrons. The monoisotopic (exact) mass is 475 g/mol. The summed E-state index contributed by atoms with van der Waals surface area (Å²) >= 11 is 0. The fraction of sp³-hybridized carbons (Fsp3) is 0.227. The summed E-state index contributed by atoms with van der Waals surface area (Å²) in [5, 5.41) is 6.80. The maximum atomic E-state index is 12.4. The maximum Gasteiger partial charge on any atom is 0.573 e. The summed E-state index contributed by atoms with van der Waals surface area (Å²) < 4.78 is 52.3. The molecule has 4 rings (SSSR count). The van der Waals surface area contributed by atoms with E-state index in [9.17, 15) is 18.0 Å². The number of hydrogen-bond acceptors (Lipinski definition) is 7. The van der Waals surface area contributed by atoms with Crippen LogP contribution >= 0.6 is 0 Å². The number of halogens is 3. The van der Waals surface area contributed by atoms with E-state index in [0.717, 1.165) is 23.4 Å². The SMILES string of the molecule is NC=Cc1nc(OCC2CN(c3ccc(OC(F)(F)F)cc3)C(=O)CO2)ccc1-c1ccn[nH]1. The number of amides is 1. The quantitative estimate of drug-likeness (QED) is 0.540. The van der Waals surface area contributed by atoms with Gasteiger partial charge in [0.1, 0.15) is 25.1 Å². The minimum atomic E-state index is -4.79. The Morgan fingerprint density at radius 1 is 1.21 bits per heavy atom. The van der Waals surface area contributed by atoms with Gasteiger partial charge in [0, 0.05) is 23.5 Å². The topological polar surface area (TPSA) is 116 Å². The summed E-state index contributed by atoms with van der Waals surface area (Å²) in [6.07, 6.45) is -0.646. The Hall–Kier alpha value is -4.06. The van der Waals surface area contributed by atoms with Gasteiger partial charge >= 0.3 is 6.36 Å². The molecule has 1 unspecified atom stereocenters. The van der Waals surface area contributed by atoms with Gasteiger partial charge in [-0.05, 0) is 48.7 Å². The van der Waals surface area contributed by atoms with E-state index in [-0.39, 0.29) is 31.4 Å². The molecule has 3 N–H and O–H groups in total. The van der Waals surface area contributed by atoms with Crippen molar-refractivity contribution >= 4 is 17.7 Å². The highest BCUT2D eigenvalue weighted by Gasteiger charge is 2.32. The smallest absolute Gasteiger partial charge is 0.475 e. The Balaban J connectivity index is 1.41. The van der Waals surface area contributed by atoms with Crippen LogP contribution in [0.4, 0.5) is 18.9 Å². The molecule has 2 aromatic heterocycles. The molecule has 3 aromatic rings. The number of anilines is 1. The van der Waals surface area contributed by atoms with Gasteiger partial charge in [0.2, 0.25) is 5.88 Å². The van der Waals surface area contributed by atoms with Gasteiger partial charge in [0.25, 0.3) is 5.91 Å². The average Bonchev–Trinajstić information content (AvgIpc) is 3.33. The van der Waals surface area contributed by atoms with Crippen LogP contribution in [0.5, 0.6) is 11.6 Å². The summed E-state index contributed by atoms with van der Waals surface area (Å²) in [5.41, 5.74) is 8.09. The Kier molecular flexibility index (Phi) is 6.68. The number of hydrogen-bond donors (Lipinski definition) is 2. The van der Waals surface area contributed by atoms with Crippen molar-refractivity contribution in [1.29, 1.82) is 0 Å².